The van der Waals surface area contributed by atoms with E-state index in [4.69, 9.17) is 0 Å². The Bertz CT molecular complexity index is 179. The summed E-state index contributed by atoms with van der Waals surface area (Å²) in [5.74, 6) is -1.16. The fourth-order valence-corrected chi connectivity index (χ4v) is 0.690. The Morgan fingerprint density at radius 3 is 2.33 bits per heavy atom. The first-order valence-corrected chi connectivity index (χ1v) is 3.97. The molecule has 12 heavy (non-hydrogen) atoms. The van der Waals surface area contributed by atoms with Gasteiger partial charge in [0, 0.05) is 5.54 Å². The molecule has 0 saturated heterocycles. The maximum Gasteiger partial charge on any atom is 0.0669 e. The maximum atomic E-state index is 10.2. The lowest BCUT2D eigenvalue weighted by molar-refractivity contribution is -0.299. The second-order valence-electron chi connectivity index (χ2n) is 3.82. The Labute approximate surface area is 73.5 Å². The van der Waals surface area contributed by atoms with Crippen LogP contribution < -0.4 is 10.4 Å². The first-order valence-electron chi connectivity index (χ1n) is 3.97. The van der Waals surface area contributed by atoms with Gasteiger partial charge in [-0.15, -0.1) is 0 Å². The maximum absolute atomic E-state index is 10.2. The summed E-state index contributed by atoms with van der Waals surface area (Å²) in [5, 5.41) is 13.4. The summed E-state index contributed by atoms with van der Waals surface area (Å²) >= 11 is 0. The van der Waals surface area contributed by atoms with Crippen molar-refractivity contribution >= 4 is 5.97 Å². The lowest BCUT2D eigenvalue weighted by Gasteiger charge is -2.20. The van der Waals surface area contributed by atoms with Crippen LogP contribution in [0.15, 0.2) is 12.2 Å². The minimum atomic E-state index is -1.16. The minimum absolute atomic E-state index is 0.0201. The summed E-state index contributed by atoms with van der Waals surface area (Å²) in [7, 11) is 0. The molecule has 0 bridgehead atoms. The zero-order valence-electron chi connectivity index (χ0n) is 7.94. The molecule has 0 aromatic heterocycles. The molecule has 0 rings (SSSR count). The summed E-state index contributed by atoms with van der Waals surface area (Å²) in [6, 6.07) is 0. The van der Waals surface area contributed by atoms with Crippen LogP contribution in [0.5, 0.6) is 0 Å². The molecular weight excluding hydrogens is 154 g/mol. The summed E-state index contributed by atoms with van der Waals surface area (Å²) in [6.07, 6.45) is 0.430. The molecule has 0 unspecified atom stereocenters. The molecule has 0 aliphatic heterocycles. The molecule has 3 heteroatoms. The van der Waals surface area contributed by atoms with E-state index < -0.39 is 5.97 Å². The number of rotatable bonds is 4. The average molecular weight is 170 g/mol. The summed E-state index contributed by atoms with van der Waals surface area (Å²) in [6.45, 7) is 10.1. The number of carboxylic acids is 1. The number of carboxylic acid groups (broad SMARTS) is 1. The molecule has 0 fully saturated rings. The second-order valence-corrected chi connectivity index (χ2v) is 3.82. The van der Waals surface area contributed by atoms with E-state index in [1.807, 2.05) is 20.8 Å². The highest BCUT2D eigenvalue weighted by Crippen LogP contribution is 2.00. The van der Waals surface area contributed by atoms with Crippen molar-refractivity contribution in [1.82, 2.24) is 5.32 Å². The van der Waals surface area contributed by atoms with E-state index in [0.29, 0.717) is 13.0 Å². The number of nitrogens with one attached hydrogen (secondary N) is 1. The molecule has 0 aromatic carbocycles. The smallest absolute Gasteiger partial charge is 0.0669 e. The standard InChI is InChI=1S/C9H17NO2/c1-7(8(11)12)5-6-10-9(2,3)4/h10H,1,5-6H2,2-4H3,(H,11,12)/p-1. The fourth-order valence-electron chi connectivity index (χ4n) is 0.690. The van der Waals surface area contributed by atoms with Crippen LogP contribution in [-0.4, -0.2) is 18.1 Å². The number of hydrogen-bond acceptors (Lipinski definition) is 3. The van der Waals surface area contributed by atoms with Crippen molar-refractivity contribution in [3.63, 3.8) is 0 Å². The molecule has 0 heterocycles. The summed E-state index contributed by atoms with van der Waals surface area (Å²) in [5.41, 5.74) is 0.165. The van der Waals surface area contributed by atoms with Crippen LogP contribution in [0.4, 0.5) is 0 Å². The van der Waals surface area contributed by atoms with Gasteiger partial charge in [-0.3, -0.25) is 0 Å². The van der Waals surface area contributed by atoms with Gasteiger partial charge in [0.15, 0.2) is 0 Å². The lowest BCUT2D eigenvalue weighted by atomic mass is 10.1. The van der Waals surface area contributed by atoms with Gasteiger partial charge < -0.3 is 15.2 Å². The Morgan fingerprint density at radius 1 is 1.50 bits per heavy atom. The molecule has 0 aliphatic carbocycles. The Balaban J connectivity index is 3.58. The third-order valence-electron chi connectivity index (χ3n) is 1.37. The van der Waals surface area contributed by atoms with Crippen molar-refractivity contribution in [2.45, 2.75) is 32.7 Å². The molecule has 1 N–H and O–H groups in total. The van der Waals surface area contributed by atoms with Crippen molar-refractivity contribution in [3.8, 4) is 0 Å². The van der Waals surface area contributed by atoms with Crippen LogP contribution in [-0.2, 0) is 4.79 Å². The van der Waals surface area contributed by atoms with Crippen molar-refractivity contribution in [3.05, 3.63) is 12.2 Å². The van der Waals surface area contributed by atoms with E-state index in [2.05, 4.69) is 11.9 Å². The largest absolute Gasteiger partial charge is 0.545 e. The quantitative estimate of drug-likeness (QED) is 0.607. The number of carbonyl (C=O) groups is 1. The zero-order valence-corrected chi connectivity index (χ0v) is 7.94. The predicted molar refractivity (Wildman–Crippen MR) is 46.5 cm³/mol. The minimum Gasteiger partial charge on any atom is -0.545 e. The lowest BCUT2D eigenvalue weighted by Crippen LogP contribution is -2.37. The van der Waals surface area contributed by atoms with Gasteiger partial charge in [-0.1, -0.05) is 6.58 Å². The van der Waals surface area contributed by atoms with Crippen LogP contribution in [0.1, 0.15) is 27.2 Å². The third-order valence-corrected chi connectivity index (χ3v) is 1.37. The van der Waals surface area contributed by atoms with Gasteiger partial charge in [-0.2, -0.15) is 0 Å². The van der Waals surface area contributed by atoms with Crippen molar-refractivity contribution in [2.75, 3.05) is 6.54 Å². The van der Waals surface area contributed by atoms with E-state index >= 15 is 0 Å². The Kier molecular flexibility index (Phi) is 3.96. The highest BCUT2D eigenvalue weighted by Gasteiger charge is 2.07. The van der Waals surface area contributed by atoms with Gasteiger partial charge in [0.25, 0.3) is 0 Å². The van der Waals surface area contributed by atoms with Crippen molar-refractivity contribution in [2.24, 2.45) is 0 Å². The average Bonchev–Trinajstić information content (AvgIpc) is 1.84. The second kappa shape index (κ2) is 4.26. The number of carbonyl (C=O) groups excluding carboxylic acids is 1. The van der Waals surface area contributed by atoms with Crippen LogP contribution >= 0.6 is 0 Å². The first kappa shape index (κ1) is 11.2. The van der Waals surface area contributed by atoms with Gasteiger partial charge in [0.05, 0.1) is 5.97 Å². The van der Waals surface area contributed by atoms with E-state index in [-0.39, 0.29) is 11.1 Å². The summed E-state index contributed by atoms with van der Waals surface area (Å²) < 4.78 is 0. The van der Waals surface area contributed by atoms with Crippen LogP contribution in [0.2, 0.25) is 0 Å². The van der Waals surface area contributed by atoms with Crippen LogP contribution in [0.3, 0.4) is 0 Å². The summed E-state index contributed by atoms with van der Waals surface area (Å²) in [4.78, 5) is 10.2. The normalized spacial score (nSPS) is 11.2. The van der Waals surface area contributed by atoms with Gasteiger partial charge in [-0.05, 0) is 39.3 Å². The molecule has 0 aliphatic rings. The Hall–Kier alpha value is -0.830. The predicted octanol–water partition coefficient (Wildman–Crippen LogP) is 0.0707. The molecule has 0 radical (unpaired) electrons. The molecule has 0 atom stereocenters. The van der Waals surface area contributed by atoms with E-state index in [1.165, 1.54) is 0 Å². The van der Waals surface area contributed by atoms with Gasteiger partial charge in [-0.25, -0.2) is 0 Å². The zero-order chi connectivity index (χ0) is 9.78. The Morgan fingerprint density at radius 2 is 2.00 bits per heavy atom. The molecule has 70 valence electrons. The molecule has 0 amide bonds. The third kappa shape index (κ3) is 5.92. The van der Waals surface area contributed by atoms with E-state index in [0.717, 1.165) is 0 Å². The number of aliphatic carboxylic acids is 1. The highest BCUT2D eigenvalue weighted by molar-refractivity contribution is 5.83. The van der Waals surface area contributed by atoms with Gasteiger partial charge >= 0.3 is 0 Å². The van der Waals surface area contributed by atoms with Gasteiger partial charge in [0.2, 0.25) is 0 Å². The number of hydrogen-bond donors (Lipinski definition) is 1. The topological polar surface area (TPSA) is 52.2 Å². The van der Waals surface area contributed by atoms with Crippen molar-refractivity contribution in [1.29, 1.82) is 0 Å². The highest BCUT2D eigenvalue weighted by atomic mass is 16.4. The van der Waals surface area contributed by atoms with E-state index in [9.17, 15) is 9.90 Å². The molecule has 3 nitrogen and oxygen atoms in total. The van der Waals surface area contributed by atoms with Gasteiger partial charge in [0.1, 0.15) is 0 Å². The monoisotopic (exact) mass is 170 g/mol. The molecule has 0 saturated carbocycles. The van der Waals surface area contributed by atoms with Crippen LogP contribution in [0.25, 0.3) is 0 Å². The van der Waals surface area contributed by atoms with Crippen molar-refractivity contribution < 1.29 is 9.90 Å². The molecule has 0 spiro atoms. The first-order chi connectivity index (χ1) is 5.33. The SMILES string of the molecule is C=C(CCNC(C)(C)C)C(=O)[O-]. The van der Waals surface area contributed by atoms with E-state index in [1.54, 1.807) is 0 Å². The molecule has 0 aromatic rings. The molecular formula is C9H16NO2-. The fraction of sp³-hybridized carbons (Fsp3) is 0.667. The van der Waals surface area contributed by atoms with Crippen LogP contribution in [0, 0.1) is 0 Å².